The van der Waals surface area contributed by atoms with Crippen molar-refractivity contribution in [2.24, 2.45) is 0 Å². The molecule has 156 valence electrons. The predicted molar refractivity (Wildman–Crippen MR) is 111 cm³/mol. The van der Waals surface area contributed by atoms with Gasteiger partial charge in [0.15, 0.2) is 12.4 Å². The lowest BCUT2D eigenvalue weighted by Gasteiger charge is -2.26. The SMILES string of the molecule is CCc1ccc(CC)c(C(=O)COc2ccc(S(=O)(=O)N3CCOCC3)cc2)c1. The van der Waals surface area contributed by atoms with Crippen LogP contribution in [0.2, 0.25) is 0 Å². The number of ketones is 1. The van der Waals surface area contributed by atoms with Crippen LogP contribution in [0.4, 0.5) is 0 Å². The largest absolute Gasteiger partial charge is 0.485 e. The number of Topliss-reactive ketones (excluding diaryl/α,β-unsaturated/α-hetero) is 1. The highest BCUT2D eigenvalue weighted by molar-refractivity contribution is 7.89. The van der Waals surface area contributed by atoms with E-state index >= 15 is 0 Å². The van der Waals surface area contributed by atoms with Gasteiger partial charge in [-0.05, 0) is 54.3 Å². The first-order valence-corrected chi connectivity index (χ1v) is 11.4. The van der Waals surface area contributed by atoms with Crippen molar-refractivity contribution in [3.63, 3.8) is 0 Å². The molecule has 1 heterocycles. The van der Waals surface area contributed by atoms with Crippen molar-refractivity contribution >= 4 is 15.8 Å². The molecule has 29 heavy (non-hydrogen) atoms. The van der Waals surface area contributed by atoms with Crippen LogP contribution in [-0.2, 0) is 27.6 Å². The van der Waals surface area contributed by atoms with Crippen LogP contribution in [0.25, 0.3) is 0 Å². The van der Waals surface area contributed by atoms with Crippen molar-refractivity contribution in [3.8, 4) is 5.75 Å². The Hall–Kier alpha value is -2.22. The number of rotatable bonds is 8. The Kier molecular flexibility index (Phi) is 7.05. The van der Waals surface area contributed by atoms with E-state index in [1.165, 1.54) is 16.4 Å². The number of nitrogens with zero attached hydrogens (tertiary/aromatic N) is 1. The Morgan fingerprint density at radius 1 is 1.03 bits per heavy atom. The Bertz CT molecular complexity index is 948. The molecule has 1 aliphatic heterocycles. The zero-order valence-electron chi connectivity index (χ0n) is 16.9. The van der Waals surface area contributed by atoms with E-state index in [0.29, 0.717) is 37.6 Å². The smallest absolute Gasteiger partial charge is 0.243 e. The van der Waals surface area contributed by atoms with Gasteiger partial charge in [0.2, 0.25) is 10.0 Å². The van der Waals surface area contributed by atoms with E-state index in [0.717, 1.165) is 24.0 Å². The van der Waals surface area contributed by atoms with Crippen molar-refractivity contribution < 1.29 is 22.7 Å². The Morgan fingerprint density at radius 3 is 2.34 bits per heavy atom. The van der Waals surface area contributed by atoms with Gasteiger partial charge in [-0.1, -0.05) is 26.0 Å². The minimum atomic E-state index is -3.54. The van der Waals surface area contributed by atoms with E-state index in [9.17, 15) is 13.2 Å². The van der Waals surface area contributed by atoms with Crippen LogP contribution in [-0.4, -0.2) is 51.4 Å². The molecule has 7 heteroatoms. The van der Waals surface area contributed by atoms with Gasteiger partial charge in [-0.25, -0.2) is 8.42 Å². The average Bonchev–Trinajstić information content (AvgIpc) is 2.77. The topological polar surface area (TPSA) is 72.9 Å². The van der Waals surface area contributed by atoms with Gasteiger partial charge >= 0.3 is 0 Å². The number of ether oxygens (including phenoxy) is 2. The zero-order chi connectivity index (χ0) is 20.9. The summed E-state index contributed by atoms with van der Waals surface area (Å²) in [6, 6.07) is 12.2. The quantitative estimate of drug-likeness (QED) is 0.617. The van der Waals surface area contributed by atoms with Crippen LogP contribution in [0.1, 0.15) is 35.3 Å². The van der Waals surface area contributed by atoms with E-state index < -0.39 is 10.0 Å². The lowest BCUT2D eigenvalue weighted by atomic mass is 9.98. The summed E-state index contributed by atoms with van der Waals surface area (Å²) in [5.41, 5.74) is 2.81. The summed E-state index contributed by atoms with van der Waals surface area (Å²) in [6.07, 6.45) is 1.64. The molecule has 0 saturated carbocycles. The van der Waals surface area contributed by atoms with E-state index in [1.807, 2.05) is 25.1 Å². The van der Waals surface area contributed by atoms with Crippen molar-refractivity contribution in [1.82, 2.24) is 4.31 Å². The van der Waals surface area contributed by atoms with Crippen LogP contribution in [0.3, 0.4) is 0 Å². The molecule has 0 unspecified atom stereocenters. The molecule has 0 spiro atoms. The fourth-order valence-electron chi connectivity index (χ4n) is 3.28. The standard InChI is InChI=1S/C22H27NO5S/c1-3-17-5-6-18(4-2)21(15-17)22(24)16-28-19-7-9-20(10-8-19)29(25,26)23-11-13-27-14-12-23/h5-10,15H,3-4,11-14,16H2,1-2H3. The monoisotopic (exact) mass is 417 g/mol. The third-order valence-corrected chi connectivity index (χ3v) is 6.98. The van der Waals surface area contributed by atoms with E-state index in [-0.39, 0.29) is 17.3 Å². The van der Waals surface area contributed by atoms with Gasteiger partial charge in [0.25, 0.3) is 0 Å². The molecule has 0 aromatic heterocycles. The summed E-state index contributed by atoms with van der Waals surface area (Å²) in [6.45, 7) is 5.50. The van der Waals surface area contributed by atoms with Gasteiger partial charge in [0.05, 0.1) is 18.1 Å². The molecule has 1 aliphatic rings. The number of hydrogen-bond donors (Lipinski definition) is 0. The van der Waals surface area contributed by atoms with Gasteiger partial charge in [-0.3, -0.25) is 4.79 Å². The fourth-order valence-corrected chi connectivity index (χ4v) is 4.69. The maximum atomic E-state index is 12.7. The Labute approximate surface area is 172 Å². The molecule has 0 aliphatic carbocycles. The number of aryl methyl sites for hydroxylation is 2. The number of benzene rings is 2. The molecule has 6 nitrogen and oxygen atoms in total. The van der Waals surface area contributed by atoms with Gasteiger partial charge in [-0.15, -0.1) is 0 Å². The fraction of sp³-hybridized carbons (Fsp3) is 0.409. The molecular weight excluding hydrogens is 390 g/mol. The summed E-state index contributed by atoms with van der Waals surface area (Å²) in [5.74, 6) is 0.381. The van der Waals surface area contributed by atoms with Crippen molar-refractivity contribution in [3.05, 3.63) is 59.2 Å². The lowest BCUT2D eigenvalue weighted by Crippen LogP contribution is -2.40. The molecule has 0 atom stereocenters. The third-order valence-electron chi connectivity index (χ3n) is 5.07. The number of carbonyl (C=O) groups is 1. The summed E-state index contributed by atoms with van der Waals surface area (Å²) in [5, 5.41) is 0. The van der Waals surface area contributed by atoms with Crippen LogP contribution in [0.15, 0.2) is 47.4 Å². The van der Waals surface area contributed by atoms with Gasteiger partial charge in [0, 0.05) is 18.7 Å². The number of hydrogen-bond acceptors (Lipinski definition) is 5. The molecule has 1 saturated heterocycles. The first-order valence-electron chi connectivity index (χ1n) is 9.91. The molecule has 2 aromatic rings. The van der Waals surface area contributed by atoms with Crippen molar-refractivity contribution in [1.29, 1.82) is 0 Å². The zero-order valence-corrected chi connectivity index (χ0v) is 17.7. The van der Waals surface area contributed by atoms with E-state index in [1.54, 1.807) is 12.1 Å². The highest BCUT2D eigenvalue weighted by atomic mass is 32.2. The molecule has 3 rings (SSSR count). The maximum absolute atomic E-state index is 12.7. The summed E-state index contributed by atoms with van der Waals surface area (Å²) >= 11 is 0. The Balaban J connectivity index is 1.67. The third kappa shape index (κ3) is 5.04. The Morgan fingerprint density at radius 2 is 1.72 bits per heavy atom. The van der Waals surface area contributed by atoms with Crippen LogP contribution >= 0.6 is 0 Å². The lowest BCUT2D eigenvalue weighted by molar-refractivity contribution is 0.0730. The highest BCUT2D eigenvalue weighted by Crippen LogP contribution is 2.21. The summed E-state index contributed by atoms with van der Waals surface area (Å²) < 4.78 is 37.6. The first-order chi connectivity index (χ1) is 14.0. The van der Waals surface area contributed by atoms with Crippen LogP contribution in [0.5, 0.6) is 5.75 Å². The molecule has 1 fully saturated rings. The molecule has 0 bridgehead atoms. The van der Waals surface area contributed by atoms with Crippen molar-refractivity contribution in [2.75, 3.05) is 32.9 Å². The molecule has 0 radical (unpaired) electrons. The average molecular weight is 418 g/mol. The second-order valence-corrected chi connectivity index (χ2v) is 8.84. The number of morpholine rings is 1. The van der Waals surface area contributed by atoms with Gasteiger partial charge in [-0.2, -0.15) is 4.31 Å². The number of carbonyl (C=O) groups excluding carboxylic acids is 1. The normalized spacial score (nSPS) is 15.2. The second kappa shape index (κ2) is 9.52. The maximum Gasteiger partial charge on any atom is 0.243 e. The van der Waals surface area contributed by atoms with Gasteiger partial charge in [0.1, 0.15) is 5.75 Å². The van der Waals surface area contributed by atoms with Crippen LogP contribution < -0.4 is 4.74 Å². The van der Waals surface area contributed by atoms with E-state index in [4.69, 9.17) is 9.47 Å². The minimum Gasteiger partial charge on any atom is -0.485 e. The highest BCUT2D eigenvalue weighted by Gasteiger charge is 2.26. The summed E-state index contributed by atoms with van der Waals surface area (Å²) in [7, 11) is -3.54. The van der Waals surface area contributed by atoms with Crippen molar-refractivity contribution in [2.45, 2.75) is 31.6 Å². The molecular formula is C22H27NO5S. The minimum absolute atomic E-state index is 0.0813. The van der Waals surface area contributed by atoms with Gasteiger partial charge < -0.3 is 9.47 Å². The van der Waals surface area contributed by atoms with Crippen LogP contribution in [0, 0.1) is 0 Å². The van der Waals surface area contributed by atoms with E-state index in [2.05, 4.69) is 6.92 Å². The molecule has 0 N–H and O–H groups in total. The first kappa shape index (κ1) is 21.5. The summed E-state index contributed by atoms with van der Waals surface area (Å²) in [4.78, 5) is 12.9. The number of sulfonamides is 1. The molecule has 2 aromatic carbocycles. The predicted octanol–water partition coefficient (Wildman–Crippen LogP) is 3.09. The molecule has 0 amide bonds. The second-order valence-electron chi connectivity index (χ2n) is 6.90.